The molecule has 0 aliphatic carbocycles. The molecule has 8 heteroatoms. The van der Waals surface area contributed by atoms with E-state index >= 15 is 0 Å². The third-order valence-corrected chi connectivity index (χ3v) is 5.77. The van der Waals surface area contributed by atoms with Gasteiger partial charge in [-0.3, -0.25) is 4.57 Å². The fourth-order valence-electron chi connectivity index (χ4n) is 2.79. The van der Waals surface area contributed by atoms with Gasteiger partial charge in [0.15, 0.2) is 26.9 Å². The quantitative estimate of drug-likeness (QED) is 0.708. The van der Waals surface area contributed by atoms with Crippen LogP contribution in [0.25, 0.3) is 11.1 Å². The van der Waals surface area contributed by atoms with Crippen LogP contribution in [0.15, 0.2) is 50.5 Å². The number of ether oxygens (including phenoxy) is 2. The smallest absolute Gasteiger partial charge is 0.419 e. The number of rotatable bonds is 3. The molecule has 0 unspecified atom stereocenters. The molecule has 7 nitrogen and oxygen atoms in total. The van der Waals surface area contributed by atoms with E-state index in [1.807, 2.05) is 0 Å². The van der Waals surface area contributed by atoms with Crippen LogP contribution < -0.4 is 15.2 Å². The summed E-state index contributed by atoms with van der Waals surface area (Å²) in [5.74, 6) is 0.436. The van der Waals surface area contributed by atoms with Crippen LogP contribution in [0.3, 0.4) is 0 Å². The van der Waals surface area contributed by atoms with E-state index in [2.05, 4.69) is 0 Å². The summed E-state index contributed by atoms with van der Waals surface area (Å²) in [4.78, 5) is 11.6. The highest BCUT2D eigenvalue weighted by atomic mass is 32.2. The fraction of sp³-hybridized carbons (Fsp3) is 0.235. The van der Waals surface area contributed by atoms with Crippen molar-refractivity contribution in [3.05, 3.63) is 52.5 Å². The number of aryl methyl sites for hydroxylation is 1. The predicted octanol–water partition coefficient (Wildman–Crippen LogP) is 1.88. The van der Waals surface area contributed by atoms with Crippen molar-refractivity contribution < 1.29 is 22.3 Å². The zero-order valence-corrected chi connectivity index (χ0v) is 14.2. The molecule has 0 radical (unpaired) electrons. The SMILES string of the molecule is Cn1c(=O)oc2cc(S(=O)(=O)Cc3ccc4c(c3)OCCO4)ccc21. The molecule has 3 aromatic rings. The highest BCUT2D eigenvalue weighted by Gasteiger charge is 2.20. The number of hydrogen-bond acceptors (Lipinski definition) is 6. The van der Waals surface area contributed by atoms with Gasteiger partial charge in [0.1, 0.15) is 13.2 Å². The van der Waals surface area contributed by atoms with E-state index < -0.39 is 15.6 Å². The van der Waals surface area contributed by atoms with E-state index in [4.69, 9.17) is 13.9 Å². The van der Waals surface area contributed by atoms with Crippen LogP contribution >= 0.6 is 0 Å². The summed E-state index contributed by atoms with van der Waals surface area (Å²) in [7, 11) is -2.04. The molecule has 0 bridgehead atoms. The van der Waals surface area contributed by atoms with Gasteiger partial charge in [-0.05, 0) is 29.8 Å². The summed E-state index contributed by atoms with van der Waals surface area (Å²) in [6.07, 6.45) is 0. The summed E-state index contributed by atoms with van der Waals surface area (Å²) in [5.41, 5.74) is 1.39. The molecule has 4 rings (SSSR count). The first-order valence-electron chi connectivity index (χ1n) is 7.65. The topological polar surface area (TPSA) is 87.7 Å². The lowest BCUT2D eigenvalue weighted by Gasteiger charge is -2.18. The molecule has 1 aromatic heterocycles. The van der Waals surface area contributed by atoms with E-state index in [9.17, 15) is 13.2 Å². The summed E-state index contributed by atoms with van der Waals surface area (Å²) < 4.78 is 42.7. The molecule has 1 aliphatic rings. The van der Waals surface area contributed by atoms with E-state index in [1.54, 1.807) is 31.3 Å². The van der Waals surface area contributed by atoms with Crippen LogP contribution in [0.1, 0.15) is 5.56 Å². The Morgan fingerprint density at radius 3 is 2.60 bits per heavy atom. The molecule has 130 valence electrons. The molecule has 2 aromatic carbocycles. The number of benzene rings is 2. The van der Waals surface area contributed by atoms with Gasteiger partial charge >= 0.3 is 5.76 Å². The summed E-state index contributed by atoms with van der Waals surface area (Å²) in [5, 5.41) is 0. The van der Waals surface area contributed by atoms with Crippen molar-refractivity contribution in [1.29, 1.82) is 0 Å². The van der Waals surface area contributed by atoms with E-state index in [0.717, 1.165) is 0 Å². The third kappa shape index (κ3) is 2.78. The maximum atomic E-state index is 12.7. The molecule has 0 fully saturated rings. The average Bonchev–Trinajstić information content (AvgIpc) is 2.88. The molecular formula is C17H15NO6S. The molecule has 0 saturated heterocycles. The van der Waals surface area contributed by atoms with E-state index in [1.165, 1.54) is 16.7 Å². The first-order valence-corrected chi connectivity index (χ1v) is 9.30. The number of nitrogens with zero attached hydrogens (tertiary/aromatic N) is 1. The number of oxazole rings is 1. The molecule has 0 amide bonds. The van der Waals surface area contributed by atoms with Gasteiger partial charge in [0.2, 0.25) is 0 Å². The van der Waals surface area contributed by atoms with Gasteiger partial charge in [0.05, 0.1) is 16.2 Å². The van der Waals surface area contributed by atoms with Gasteiger partial charge in [-0.25, -0.2) is 13.2 Å². The standard InChI is InChI=1S/C17H15NO6S/c1-18-13-4-3-12(9-15(13)24-17(18)19)25(20,21)10-11-2-5-14-16(8-11)23-7-6-22-14/h2-5,8-9H,6-7,10H2,1H3. The Bertz CT molecular complexity index is 1130. The van der Waals surface area contributed by atoms with Gasteiger partial charge in [0, 0.05) is 13.1 Å². The summed E-state index contributed by atoms with van der Waals surface area (Å²) >= 11 is 0. The first kappa shape index (κ1) is 15.8. The average molecular weight is 361 g/mol. The third-order valence-electron chi connectivity index (χ3n) is 4.09. The van der Waals surface area contributed by atoms with E-state index in [0.29, 0.717) is 35.8 Å². The Morgan fingerprint density at radius 1 is 1.04 bits per heavy atom. The highest BCUT2D eigenvalue weighted by Crippen LogP contribution is 2.32. The Kier molecular flexibility index (Phi) is 3.57. The zero-order valence-electron chi connectivity index (χ0n) is 13.4. The first-order chi connectivity index (χ1) is 11.9. The summed E-state index contributed by atoms with van der Waals surface area (Å²) in [6, 6.07) is 9.50. The fourth-order valence-corrected chi connectivity index (χ4v) is 4.13. The van der Waals surface area contributed by atoms with Crippen molar-refractivity contribution in [2.45, 2.75) is 10.6 Å². The summed E-state index contributed by atoms with van der Waals surface area (Å²) in [6.45, 7) is 0.917. The van der Waals surface area contributed by atoms with Gasteiger partial charge < -0.3 is 13.9 Å². The number of fused-ring (bicyclic) bond motifs is 2. The second-order valence-corrected chi connectivity index (χ2v) is 7.78. The van der Waals surface area contributed by atoms with Gasteiger partial charge in [-0.1, -0.05) is 6.07 Å². The monoisotopic (exact) mass is 361 g/mol. The Hall–Kier alpha value is -2.74. The highest BCUT2D eigenvalue weighted by molar-refractivity contribution is 7.90. The van der Waals surface area contributed by atoms with Gasteiger partial charge in [-0.15, -0.1) is 0 Å². The van der Waals surface area contributed by atoms with Crippen LogP contribution in [0.2, 0.25) is 0 Å². The molecule has 0 N–H and O–H groups in total. The molecule has 25 heavy (non-hydrogen) atoms. The molecule has 0 spiro atoms. The minimum atomic E-state index is -3.60. The van der Waals surface area contributed by atoms with E-state index in [-0.39, 0.29) is 16.2 Å². The van der Waals surface area contributed by atoms with Crippen LogP contribution in [-0.4, -0.2) is 26.2 Å². The van der Waals surface area contributed by atoms with Crippen molar-refractivity contribution in [2.75, 3.05) is 13.2 Å². The van der Waals surface area contributed by atoms with Crippen molar-refractivity contribution in [2.24, 2.45) is 7.05 Å². The minimum absolute atomic E-state index is 0.101. The lowest BCUT2D eigenvalue weighted by molar-refractivity contribution is 0.171. The van der Waals surface area contributed by atoms with Gasteiger partial charge in [0.25, 0.3) is 0 Å². The normalized spacial score (nSPS) is 14.0. The van der Waals surface area contributed by atoms with Crippen LogP contribution in [0, 0.1) is 0 Å². The maximum absolute atomic E-state index is 12.7. The zero-order chi connectivity index (χ0) is 17.6. The number of aromatic nitrogens is 1. The van der Waals surface area contributed by atoms with Crippen molar-refractivity contribution in [3.8, 4) is 11.5 Å². The molecule has 2 heterocycles. The Labute approximate surface area is 143 Å². The predicted molar refractivity (Wildman–Crippen MR) is 89.8 cm³/mol. The van der Waals surface area contributed by atoms with Crippen molar-refractivity contribution in [1.82, 2.24) is 4.57 Å². The van der Waals surface area contributed by atoms with Crippen molar-refractivity contribution >= 4 is 20.9 Å². The lowest BCUT2D eigenvalue weighted by Crippen LogP contribution is -2.15. The lowest BCUT2D eigenvalue weighted by atomic mass is 10.2. The van der Waals surface area contributed by atoms with Crippen LogP contribution in [-0.2, 0) is 22.6 Å². The van der Waals surface area contributed by atoms with Crippen LogP contribution in [0.4, 0.5) is 0 Å². The molecule has 1 aliphatic heterocycles. The Balaban J connectivity index is 1.69. The largest absolute Gasteiger partial charge is 0.486 e. The van der Waals surface area contributed by atoms with Crippen molar-refractivity contribution in [3.63, 3.8) is 0 Å². The number of sulfone groups is 1. The molecule has 0 saturated carbocycles. The second kappa shape index (κ2) is 5.66. The molecular weight excluding hydrogens is 346 g/mol. The van der Waals surface area contributed by atoms with Crippen LogP contribution in [0.5, 0.6) is 11.5 Å². The minimum Gasteiger partial charge on any atom is -0.486 e. The second-order valence-electron chi connectivity index (χ2n) is 5.79. The molecule has 0 atom stereocenters. The Morgan fingerprint density at radius 2 is 1.80 bits per heavy atom. The maximum Gasteiger partial charge on any atom is 0.419 e. The number of hydrogen-bond donors (Lipinski definition) is 0. The van der Waals surface area contributed by atoms with Gasteiger partial charge in [-0.2, -0.15) is 0 Å².